The van der Waals surface area contributed by atoms with E-state index in [1.54, 1.807) is 0 Å². The molecule has 0 aliphatic carbocycles. The Morgan fingerprint density at radius 2 is 1.80 bits per heavy atom. The van der Waals surface area contributed by atoms with E-state index in [1.807, 2.05) is 4.68 Å². The Hall–Kier alpha value is -2.82. The van der Waals surface area contributed by atoms with Crippen LogP contribution in [0.1, 0.15) is 35.6 Å². The van der Waals surface area contributed by atoms with Crippen molar-refractivity contribution in [1.29, 1.82) is 0 Å². The van der Waals surface area contributed by atoms with Crippen molar-refractivity contribution in [1.82, 2.24) is 15.0 Å². The van der Waals surface area contributed by atoms with Crippen LogP contribution in [0.2, 0.25) is 0 Å². The number of hydrogen-bond donors (Lipinski definition) is 0. The first-order valence-electron chi connectivity index (χ1n) is 8.68. The molecule has 5 heteroatoms. The van der Waals surface area contributed by atoms with Crippen molar-refractivity contribution in [2.75, 3.05) is 6.54 Å². The summed E-state index contributed by atoms with van der Waals surface area (Å²) in [5.74, 6) is 0.816. The number of nitrogens with zero attached hydrogens (tertiary/aromatic N) is 5. The molecule has 0 fully saturated rings. The molecule has 0 unspecified atom stereocenters. The van der Waals surface area contributed by atoms with Crippen molar-refractivity contribution < 1.29 is 0 Å². The van der Waals surface area contributed by atoms with Gasteiger partial charge in [-0.05, 0) is 44.5 Å². The highest BCUT2D eigenvalue weighted by Crippen LogP contribution is 2.19. The molecule has 5 nitrogen and oxygen atoms in total. The lowest BCUT2D eigenvalue weighted by molar-refractivity contribution is 0.596. The van der Waals surface area contributed by atoms with Crippen LogP contribution in [0.25, 0.3) is 11.0 Å². The van der Waals surface area contributed by atoms with Gasteiger partial charge in [0.2, 0.25) is 0 Å². The highest BCUT2D eigenvalue weighted by molar-refractivity contribution is 6.17. The third-order valence-corrected chi connectivity index (χ3v) is 4.38. The summed E-state index contributed by atoms with van der Waals surface area (Å²) in [6.45, 7) is 7.84. The van der Waals surface area contributed by atoms with Gasteiger partial charge in [-0.1, -0.05) is 35.4 Å². The number of rotatable bonds is 4. The molecule has 0 amide bonds. The fourth-order valence-electron chi connectivity index (χ4n) is 3.29. The van der Waals surface area contributed by atoms with Crippen molar-refractivity contribution in [3.05, 3.63) is 58.7 Å². The van der Waals surface area contributed by atoms with Crippen LogP contribution in [0, 0.1) is 13.8 Å². The molecule has 25 heavy (non-hydrogen) atoms. The summed E-state index contributed by atoms with van der Waals surface area (Å²) in [5.41, 5.74) is 7.58. The first-order valence-corrected chi connectivity index (χ1v) is 8.68. The minimum Gasteiger partial charge on any atom is -0.260 e. The molecule has 0 atom stereocenters. The Kier molecular flexibility index (Phi) is 3.92. The molecule has 0 spiro atoms. The average molecular weight is 331 g/mol. The number of benzene rings is 2. The van der Waals surface area contributed by atoms with Crippen molar-refractivity contribution in [2.24, 2.45) is 9.98 Å². The summed E-state index contributed by atoms with van der Waals surface area (Å²) in [4.78, 5) is 9.40. The monoisotopic (exact) mass is 331 g/mol. The van der Waals surface area contributed by atoms with E-state index in [0.717, 1.165) is 46.7 Å². The van der Waals surface area contributed by atoms with Gasteiger partial charge in [0.05, 0.1) is 17.8 Å². The molecular formula is C20H21N5. The highest BCUT2D eigenvalue weighted by Gasteiger charge is 2.15. The summed E-state index contributed by atoms with van der Waals surface area (Å²) >= 11 is 0. The van der Waals surface area contributed by atoms with Gasteiger partial charge >= 0.3 is 0 Å². The summed E-state index contributed by atoms with van der Waals surface area (Å²) in [6, 6.07) is 12.7. The smallest absolute Gasteiger partial charge is 0.155 e. The topological polar surface area (TPSA) is 55.4 Å². The minimum absolute atomic E-state index is 0.608. The molecule has 1 aliphatic rings. The van der Waals surface area contributed by atoms with Gasteiger partial charge in [0.25, 0.3) is 0 Å². The fraction of sp³-hybridized carbons (Fsp3) is 0.300. The van der Waals surface area contributed by atoms with E-state index in [0.29, 0.717) is 6.54 Å². The molecule has 4 rings (SSSR count). The Balaban J connectivity index is 1.66. The summed E-state index contributed by atoms with van der Waals surface area (Å²) < 4.78 is 1.95. The SMILES string of the molecule is CCCn1nnc2cc(C3=NC(c4cc(C)cc(C)c4)=NC3)ccc21. The van der Waals surface area contributed by atoms with Crippen LogP contribution in [0.3, 0.4) is 0 Å². The summed E-state index contributed by atoms with van der Waals surface area (Å²) in [5, 5.41) is 8.52. The highest BCUT2D eigenvalue weighted by atomic mass is 15.4. The zero-order valence-electron chi connectivity index (χ0n) is 14.8. The number of aryl methyl sites for hydroxylation is 3. The number of aliphatic imine (C=N–C) groups is 2. The number of amidine groups is 1. The number of aromatic nitrogens is 3. The molecule has 1 aliphatic heterocycles. The number of hydrogen-bond acceptors (Lipinski definition) is 4. The molecular weight excluding hydrogens is 310 g/mol. The lowest BCUT2D eigenvalue weighted by atomic mass is 10.1. The average Bonchev–Trinajstić information content (AvgIpc) is 3.21. The molecule has 0 saturated carbocycles. The standard InChI is InChI=1S/C20H21N5/c1-4-7-25-19-6-5-15(11-17(19)23-24-25)18-12-21-20(22-18)16-9-13(2)8-14(3)10-16/h5-6,8-11H,4,7,12H2,1-3H3. The molecule has 0 saturated heterocycles. The van der Waals surface area contributed by atoms with Crippen molar-refractivity contribution in [2.45, 2.75) is 33.7 Å². The normalized spacial score (nSPS) is 14.0. The zero-order chi connectivity index (χ0) is 17.4. The van der Waals surface area contributed by atoms with Crippen molar-refractivity contribution in [3.63, 3.8) is 0 Å². The van der Waals surface area contributed by atoms with Crippen LogP contribution in [-0.2, 0) is 6.54 Å². The van der Waals surface area contributed by atoms with E-state index >= 15 is 0 Å². The molecule has 0 radical (unpaired) electrons. The lowest BCUT2D eigenvalue weighted by Gasteiger charge is -2.03. The van der Waals surface area contributed by atoms with E-state index in [4.69, 9.17) is 4.99 Å². The van der Waals surface area contributed by atoms with Crippen LogP contribution < -0.4 is 0 Å². The van der Waals surface area contributed by atoms with Gasteiger partial charge in [0.15, 0.2) is 5.84 Å². The third-order valence-electron chi connectivity index (χ3n) is 4.38. The third kappa shape index (κ3) is 2.97. The maximum atomic E-state index is 4.77. The van der Waals surface area contributed by atoms with Crippen LogP contribution >= 0.6 is 0 Å². The predicted octanol–water partition coefficient (Wildman–Crippen LogP) is 3.71. The second kappa shape index (κ2) is 6.24. The Labute approximate surface area is 147 Å². The maximum Gasteiger partial charge on any atom is 0.155 e. The lowest BCUT2D eigenvalue weighted by Crippen LogP contribution is -2.02. The van der Waals surface area contributed by atoms with Gasteiger partial charge in [-0.2, -0.15) is 0 Å². The maximum absolute atomic E-state index is 4.77. The Bertz CT molecular complexity index is 990. The summed E-state index contributed by atoms with van der Waals surface area (Å²) in [7, 11) is 0. The van der Waals surface area contributed by atoms with E-state index < -0.39 is 0 Å². The van der Waals surface area contributed by atoms with Crippen LogP contribution in [0.4, 0.5) is 0 Å². The van der Waals surface area contributed by atoms with Crippen LogP contribution in [0.5, 0.6) is 0 Å². The van der Waals surface area contributed by atoms with Crippen LogP contribution in [0.15, 0.2) is 46.4 Å². The first-order chi connectivity index (χ1) is 12.1. The van der Waals surface area contributed by atoms with E-state index in [9.17, 15) is 0 Å². The molecule has 2 heterocycles. The first kappa shape index (κ1) is 15.7. The second-order valence-electron chi connectivity index (χ2n) is 6.59. The van der Waals surface area contributed by atoms with E-state index in [-0.39, 0.29) is 0 Å². The molecule has 2 aromatic carbocycles. The van der Waals surface area contributed by atoms with Crippen molar-refractivity contribution in [3.8, 4) is 0 Å². The predicted molar refractivity (Wildman–Crippen MR) is 102 cm³/mol. The molecule has 0 bridgehead atoms. The molecule has 3 aromatic rings. The fourth-order valence-corrected chi connectivity index (χ4v) is 3.29. The molecule has 126 valence electrons. The van der Waals surface area contributed by atoms with Gasteiger partial charge in [0.1, 0.15) is 5.52 Å². The van der Waals surface area contributed by atoms with Gasteiger partial charge in [-0.25, -0.2) is 9.67 Å². The van der Waals surface area contributed by atoms with Gasteiger partial charge in [-0.3, -0.25) is 4.99 Å². The van der Waals surface area contributed by atoms with Gasteiger partial charge < -0.3 is 0 Å². The van der Waals surface area contributed by atoms with E-state index in [1.165, 1.54) is 11.1 Å². The Morgan fingerprint density at radius 3 is 2.56 bits per heavy atom. The van der Waals surface area contributed by atoms with Gasteiger partial charge in [-0.15, -0.1) is 5.10 Å². The van der Waals surface area contributed by atoms with Crippen molar-refractivity contribution >= 4 is 22.6 Å². The second-order valence-corrected chi connectivity index (χ2v) is 6.59. The molecule has 0 N–H and O–H groups in total. The minimum atomic E-state index is 0.608. The quantitative estimate of drug-likeness (QED) is 0.732. The van der Waals surface area contributed by atoms with Crippen LogP contribution in [-0.4, -0.2) is 33.1 Å². The van der Waals surface area contributed by atoms with Gasteiger partial charge in [0, 0.05) is 17.7 Å². The zero-order valence-corrected chi connectivity index (χ0v) is 14.8. The van der Waals surface area contributed by atoms with E-state index in [2.05, 4.69) is 72.5 Å². The number of fused-ring (bicyclic) bond motifs is 1. The summed E-state index contributed by atoms with van der Waals surface area (Å²) in [6.07, 6.45) is 1.04. The molecule has 1 aromatic heterocycles. The Morgan fingerprint density at radius 1 is 1.00 bits per heavy atom. The largest absolute Gasteiger partial charge is 0.260 e.